The molecule has 1 aliphatic rings. The molecule has 144 valence electrons. The van der Waals surface area contributed by atoms with Crippen molar-refractivity contribution < 1.29 is 4.79 Å². The molecule has 8 heteroatoms. The summed E-state index contributed by atoms with van der Waals surface area (Å²) in [6.07, 6.45) is 9.00. The summed E-state index contributed by atoms with van der Waals surface area (Å²) in [6, 6.07) is 6.74. The zero-order valence-corrected chi connectivity index (χ0v) is 16.3. The van der Waals surface area contributed by atoms with Crippen molar-refractivity contribution >= 4 is 28.9 Å². The van der Waals surface area contributed by atoms with Gasteiger partial charge in [-0.25, -0.2) is 14.6 Å². The number of aromatic nitrogens is 4. The predicted octanol–water partition coefficient (Wildman–Crippen LogP) is 3.80. The minimum absolute atomic E-state index is 0.218. The Balaban J connectivity index is 1.53. The van der Waals surface area contributed by atoms with Crippen LogP contribution in [0.3, 0.4) is 0 Å². The number of halogens is 1. The number of piperidine rings is 1. The molecule has 3 heterocycles. The van der Waals surface area contributed by atoms with Crippen LogP contribution in [0.1, 0.15) is 30.1 Å². The second-order valence-corrected chi connectivity index (χ2v) is 7.47. The number of nitrogens with one attached hydrogen (secondary N) is 1. The van der Waals surface area contributed by atoms with Crippen LogP contribution in [0.5, 0.6) is 0 Å². The second-order valence-electron chi connectivity index (χ2n) is 7.04. The predicted molar refractivity (Wildman–Crippen MR) is 109 cm³/mol. The van der Waals surface area contributed by atoms with E-state index in [-0.39, 0.29) is 5.91 Å². The van der Waals surface area contributed by atoms with Crippen molar-refractivity contribution in [1.82, 2.24) is 19.7 Å². The molecule has 0 radical (unpaired) electrons. The summed E-state index contributed by atoms with van der Waals surface area (Å²) in [4.78, 5) is 23.3. The monoisotopic (exact) mass is 396 g/mol. The maximum Gasteiger partial charge on any atom is 0.255 e. The number of carbonyl (C=O) groups excluding carboxylic acids is 1. The van der Waals surface area contributed by atoms with Crippen LogP contribution < -0.4 is 10.2 Å². The Labute approximate surface area is 168 Å². The molecule has 1 saturated heterocycles. The van der Waals surface area contributed by atoms with Gasteiger partial charge in [0.2, 0.25) is 0 Å². The van der Waals surface area contributed by atoms with Gasteiger partial charge in [0.1, 0.15) is 12.0 Å². The zero-order valence-electron chi connectivity index (χ0n) is 15.5. The first-order valence-electron chi connectivity index (χ1n) is 9.27. The third-order valence-corrected chi connectivity index (χ3v) is 5.21. The molecule has 2 aromatic heterocycles. The average molecular weight is 397 g/mol. The van der Waals surface area contributed by atoms with E-state index in [0.717, 1.165) is 37.5 Å². The summed E-state index contributed by atoms with van der Waals surface area (Å²) in [5, 5.41) is 7.82. The maximum atomic E-state index is 12.4. The molecule has 0 unspecified atom stereocenters. The standard InChI is InChI=1S/C20H21ClN6O/c1-14-6-8-26(9-7-14)18-11-22-13-23-19(18)27-12-17(10-24-27)25-20(28)15-2-4-16(21)5-3-15/h2-5,10-14H,6-9H2,1H3,(H,25,28). The molecular formula is C20H21ClN6O. The average Bonchev–Trinajstić information content (AvgIpc) is 3.17. The van der Waals surface area contributed by atoms with Crippen LogP contribution in [0.2, 0.25) is 5.02 Å². The Morgan fingerprint density at radius 3 is 2.68 bits per heavy atom. The van der Waals surface area contributed by atoms with E-state index in [1.807, 2.05) is 6.20 Å². The lowest BCUT2D eigenvalue weighted by Crippen LogP contribution is -2.33. The van der Waals surface area contributed by atoms with Crippen molar-refractivity contribution in [2.45, 2.75) is 19.8 Å². The molecule has 1 aromatic carbocycles. The van der Waals surface area contributed by atoms with Crippen LogP contribution in [0.4, 0.5) is 11.4 Å². The van der Waals surface area contributed by atoms with Crippen molar-refractivity contribution in [3.05, 3.63) is 59.8 Å². The molecule has 1 aliphatic heterocycles. The van der Waals surface area contributed by atoms with Crippen molar-refractivity contribution in [3.63, 3.8) is 0 Å². The molecule has 7 nitrogen and oxygen atoms in total. The van der Waals surface area contributed by atoms with Gasteiger partial charge < -0.3 is 10.2 Å². The summed E-state index contributed by atoms with van der Waals surface area (Å²) in [5.74, 6) is 1.23. The highest BCUT2D eigenvalue weighted by Gasteiger charge is 2.20. The zero-order chi connectivity index (χ0) is 19.5. The molecule has 1 N–H and O–H groups in total. The smallest absolute Gasteiger partial charge is 0.255 e. The number of carbonyl (C=O) groups is 1. The number of rotatable bonds is 4. The van der Waals surface area contributed by atoms with Gasteiger partial charge in [-0.3, -0.25) is 4.79 Å². The van der Waals surface area contributed by atoms with Crippen LogP contribution >= 0.6 is 11.6 Å². The minimum Gasteiger partial charge on any atom is -0.367 e. The van der Waals surface area contributed by atoms with Crippen LogP contribution in [0.25, 0.3) is 5.82 Å². The van der Waals surface area contributed by atoms with Crippen LogP contribution in [-0.2, 0) is 0 Å². The van der Waals surface area contributed by atoms with Gasteiger partial charge in [0.25, 0.3) is 5.91 Å². The molecule has 28 heavy (non-hydrogen) atoms. The molecule has 1 amide bonds. The number of hydrogen-bond acceptors (Lipinski definition) is 5. The fourth-order valence-corrected chi connectivity index (χ4v) is 3.40. The van der Waals surface area contributed by atoms with E-state index in [1.165, 1.54) is 6.33 Å². The quantitative estimate of drug-likeness (QED) is 0.725. The number of hydrogen-bond donors (Lipinski definition) is 1. The largest absolute Gasteiger partial charge is 0.367 e. The molecule has 0 aliphatic carbocycles. The summed E-state index contributed by atoms with van der Waals surface area (Å²) in [6.45, 7) is 4.23. The van der Waals surface area contributed by atoms with E-state index >= 15 is 0 Å². The van der Waals surface area contributed by atoms with Gasteiger partial charge in [0.15, 0.2) is 5.82 Å². The topological polar surface area (TPSA) is 75.9 Å². The highest BCUT2D eigenvalue weighted by Crippen LogP contribution is 2.27. The lowest BCUT2D eigenvalue weighted by atomic mass is 9.99. The summed E-state index contributed by atoms with van der Waals surface area (Å²) < 4.78 is 1.67. The van der Waals surface area contributed by atoms with Crippen molar-refractivity contribution in [2.75, 3.05) is 23.3 Å². The summed E-state index contributed by atoms with van der Waals surface area (Å²) in [5.41, 5.74) is 2.08. The molecule has 0 atom stereocenters. The molecule has 0 spiro atoms. The first-order valence-corrected chi connectivity index (χ1v) is 9.65. The Morgan fingerprint density at radius 2 is 1.93 bits per heavy atom. The third-order valence-electron chi connectivity index (χ3n) is 4.96. The molecule has 0 bridgehead atoms. The Kier molecular flexibility index (Phi) is 5.25. The van der Waals surface area contributed by atoms with E-state index in [0.29, 0.717) is 22.1 Å². The highest BCUT2D eigenvalue weighted by molar-refractivity contribution is 6.30. The fraction of sp³-hybridized carbons (Fsp3) is 0.300. The first kappa shape index (κ1) is 18.4. The number of benzene rings is 1. The Hall–Kier alpha value is -2.93. The van der Waals surface area contributed by atoms with Crippen LogP contribution in [-0.4, -0.2) is 38.7 Å². The van der Waals surface area contributed by atoms with Gasteiger partial charge in [0, 0.05) is 23.7 Å². The lowest BCUT2D eigenvalue weighted by molar-refractivity contribution is 0.102. The minimum atomic E-state index is -0.218. The Morgan fingerprint density at radius 1 is 1.18 bits per heavy atom. The molecule has 1 fully saturated rings. The van der Waals surface area contributed by atoms with Crippen LogP contribution in [0, 0.1) is 5.92 Å². The highest BCUT2D eigenvalue weighted by atomic mass is 35.5. The van der Waals surface area contributed by atoms with Crippen LogP contribution in [0.15, 0.2) is 49.2 Å². The van der Waals surface area contributed by atoms with E-state index in [2.05, 4.69) is 32.2 Å². The maximum absolute atomic E-state index is 12.4. The molecule has 0 saturated carbocycles. The summed E-state index contributed by atoms with van der Waals surface area (Å²) >= 11 is 5.87. The van der Waals surface area contributed by atoms with Gasteiger partial charge >= 0.3 is 0 Å². The van der Waals surface area contributed by atoms with Gasteiger partial charge in [-0.1, -0.05) is 18.5 Å². The van der Waals surface area contributed by atoms with Crippen molar-refractivity contribution in [3.8, 4) is 5.82 Å². The van der Waals surface area contributed by atoms with Gasteiger partial charge in [-0.2, -0.15) is 5.10 Å². The number of amides is 1. The van der Waals surface area contributed by atoms with E-state index in [9.17, 15) is 4.79 Å². The second kappa shape index (κ2) is 7.98. The van der Waals surface area contributed by atoms with E-state index < -0.39 is 0 Å². The normalized spacial score (nSPS) is 14.9. The molecule has 4 rings (SSSR count). The fourth-order valence-electron chi connectivity index (χ4n) is 3.27. The molecular weight excluding hydrogens is 376 g/mol. The van der Waals surface area contributed by atoms with Gasteiger partial charge in [0.05, 0.1) is 24.3 Å². The number of anilines is 2. The SMILES string of the molecule is CC1CCN(c2cncnc2-n2cc(NC(=O)c3ccc(Cl)cc3)cn2)CC1. The lowest BCUT2D eigenvalue weighted by Gasteiger charge is -2.32. The first-order chi connectivity index (χ1) is 13.6. The van der Waals surface area contributed by atoms with Crippen molar-refractivity contribution in [2.24, 2.45) is 5.92 Å². The van der Waals surface area contributed by atoms with Gasteiger partial charge in [-0.15, -0.1) is 0 Å². The summed E-state index contributed by atoms with van der Waals surface area (Å²) in [7, 11) is 0. The van der Waals surface area contributed by atoms with Gasteiger partial charge in [-0.05, 0) is 43.0 Å². The van der Waals surface area contributed by atoms with Crippen molar-refractivity contribution in [1.29, 1.82) is 0 Å². The number of nitrogens with zero attached hydrogens (tertiary/aromatic N) is 5. The Bertz CT molecular complexity index is 963. The molecule has 3 aromatic rings. The van der Waals surface area contributed by atoms with E-state index in [4.69, 9.17) is 11.6 Å². The third kappa shape index (κ3) is 3.99. The van der Waals surface area contributed by atoms with E-state index in [1.54, 1.807) is 41.3 Å².